The van der Waals surface area contributed by atoms with Crippen molar-refractivity contribution in [3.63, 3.8) is 0 Å². The van der Waals surface area contributed by atoms with E-state index >= 15 is 0 Å². The van der Waals surface area contributed by atoms with Crippen LogP contribution < -0.4 is 0 Å². The second kappa shape index (κ2) is 23.5. The lowest BCUT2D eigenvalue weighted by Crippen LogP contribution is -2.08. The lowest BCUT2D eigenvalue weighted by Gasteiger charge is -2.13. The van der Waals surface area contributed by atoms with E-state index in [2.05, 4.69) is 41.5 Å². The largest absolute Gasteiger partial charge is 0.105 e. The third-order valence-electron chi connectivity index (χ3n) is 6.62. The van der Waals surface area contributed by atoms with E-state index < -0.39 is 0 Å². The molecule has 0 saturated heterocycles. The van der Waals surface area contributed by atoms with Gasteiger partial charge in [-0.3, -0.25) is 0 Å². The molecule has 0 aromatic heterocycles. The molecule has 0 amide bonds. The molecular formula is C29H58P2. The molecule has 2 unspecified atom stereocenters. The number of unbranched alkanes of at least 4 members (excludes halogenated alkanes) is 6. The number of hydrogen-bond donors (Lipinski definition) is 0. The molecule has 0 aromatic carbocycles. The van der Waals surface area contributed by atoms with Crippen molar-refractivity contribution in [1.29, 1.82) is 0 Å². The molecule has 0 fully saturated rings. The maximum Gasteiger partial charge on any atom is -0.0101 e. The normalized spacial score (nSPS) is 20.8. The van der Waals surface area contributed by atoms with E-state index in [-0.39, 0.29) is 0 Å². The minimum absolute atomic E-state index is 1.01. The van der Waals surface area contributed by atoms with Crippen molar-refractivity contribution >= 4 is 27.0 Å². The first-order chi connectivity index (χ1) is 15.2. The Bertz CT molecular complexity index is 398. The van der Waals surface area contributed by atoms with Crippen molar-refractivity contribution in [1.82, 2.24) is 0 Å². The molecule has 31 heavy (non-hydrogen) atoms. The van der Waals surface area contributed by atoms with Gasteiger partial charge >= 0.3 is 0 Å². The molecule has 0 N–H and O–H groups in total. The molecule has 2 rings (SSSR count). The molecular weight excluding hydrogens is 410 g/mol. The fourth-order valence-electron chi connectivity index (χ4n) is 4.48. The average molecular weight is 469 g/mol. The minimum Gasteiger partial charge on any atom is -0.105 e. The number of rotatable bonds is 14. The average Bonchev–Trinajstić information content (AvgIpc) is 3.43. The third kappa shape index (κ3) is 16.6. The summed E-state index contributed by atoms with van der Waals surface area (Å²) < 4.78 is 0. The van der Waals surface area contributed by atoms with Crippen LogP contribution in [0.15, 0.2) is 0 Å². The molecule has 2 atom stereocenters. The zero-order chi connectivity index (χ0) is 23.2. The highest BCUT2D eigenvalue weighted by Gasteiger charge is 2.19. The summed E-state index contributed by atoms with van der Waals surface area (Å²) in [6.07, 6.45) is 26.9. The van der Waals surface area contributed by atoms with E-state index in [9.17, 15) is 0 Å². The highest BCUT2D eigenvalue weighted by molar-refractivity contribution is 7.41. The van der Waals surface area contributed by atoms with Crippen molar-refractivity contribution in [3.8, 4) is 0 Å². The molecule has 2 heteroatoms. The lowest BCUT2D eigenvalue weighted by molar-refractivity contribution is 0.573. The topological polar surface area (TPSA) is 0 Å². The van der Waals surface area contributed by atoms with Crippen LogP contribution in [0.25, 0.3) is 0 Å². The van der Waals surface area contributed by atoms with Gasteiger partial charge < -0.3 is 0 Å². The molecule has 0 saturated carbocycles. The molecule has 2 aliphatic heterocycles. The standard InChI is InChI=1S/2C12H23P.C5H12/c2*1-3-5-7-11-9-10-13-12(11)8-6-4-2;1-3-5-4-2/h2*11H,3-10H2,1-2H3;3-5H2,1-2H3. The Hall–Kier alpha value is 0.340. The fourth-order valence-corrected chi connectivity index (χ4v) is 7.60. The van der Waals surface area contributed by atoms with Gasteiger partial charge in [0.1, 0.15) is 0 Å². The molecule has 2 heterocycles. The minimum atomic E-state index is 1.01. The predicted octanol–water partition coefficient (Wildman–Crippen LogP) is 11.2. The van der Waals surface area contributed by atoms with Crippen molar-refractivity contribution in [2.45, 2.75) is 151 Å². The van der Waals surface area contributed by atoms with Crippen LogP contribution in [0.2, 0.25) is 0 Å². The Kier molecular flexibility index (Phi) is 23.8. The summed E-state index contributed by atoms with van der Waals surface area (Å²) in [6.45, 7) is 13.6. The Labute approximate surface area is 201 Å². The van der Waals surface area contributed by atoms with Gasteiger partial charge in [0.2, 0.25) is 0 Å². The van der Waals surface area contributed by atoms with Gasteiger partial charge in [-0.25, -0.2) is 0 Å². The summed E-state index contributed by atoms with van der Waals surface area (Å²) in [5, 5.41) is 3.77. The molecule has 2 aliphatic rings. The Balaban J connectivity index is 0.000000479. The van der Waals surface area contributed by atoms with Crippen molar-refractivity contribution in [2.75, 3.05) is 12.3 Å². The van der Waals surface area contributed by atoms with Gasteiger partial charge in [0.25, 0.3) is 0 Å². The van der Waals surface area contributed by atoms with Crippen LogP contribution in [-0.2, 0) is 0 Å². The van der Waals surface area contributed by atoms with Gasteiger partial charge in [0, 0.05) is 0 Å². The zero-order valence-corrected chi connectivity index (χ0v) is 24.3. The van der Waals surface area contributed by atoms with Crippen LogP contribution >= 0.6 is 16.4 Å². The fraction of sp³-hybridized carbons (Fsp3) is 0.931. The zero-order valence-electron chi connectivity index (χ0n) is 22.5. The summed E-state index contributed by atoms with van der Waals surface area (Å²) in [5.74, 6) is 2.02. The van der Waals surface area contributed by atoms with Crippen LogP contribution in [0, 0.1) is 11.8 Å². The highest BCUT2D eigenvalue weighted by atomic mass is 31.1. The van der Waals surface area contributed by atoms with Gasteiger partial charge in [-0.1, -0.05) is 99.3 Å². The second-order valence-electron chi connectivity index (χ2n) is 9.56. The van der Waals surface area contributed by atoms with E-state index in [1.807, 2.05) is 10.6 Å². The van der Waals surface area contributed by atoms with Crippen LogP contribution in [0.5, 0.6) is 0 Å². The molecule has 0 aliphatic carbocycles. The molecule has 0 bridgehead atoms. The van der Waals surface area contributed by atoms with E-state index in [1.165, 1.54) is 121 Å². The first kappa shape index (κ1) is 31.3. The first-order valence-corrected chi connectivity index (χ1v) is 16.4. The quantitative estimate of drug-likeness (QED) is 0.222. The smallest absolute Gasteiger partial charge is 0.0101 e. The summed E-state index contributed by atoms with van der Waals surface area (Å²) in [7, 11) is 3.38. The Morgan fingerprint density at radius 3 is 1.16 bits per heavy atom. The van der Waals surface area contributed by atoms with Crippen LogP contribution in [0.4, 0.5) is 0 Å². The Morgan fingerprint density at radius 2 is 0.871 bits per heavy atom. The first-order valence-electron chi connectivity index (χ1n) is 14.2. The highest BCUT2D eigenvalue weighted by Crippen LogP contribution is 2.31. The second-order valence-corrected chi connectivity index (χ2v) is 12.2. The third-order valence-corrected chi connectivity index (χ3v) is 9.57. The van der Waals surface area contributed by atoms with E-state index in [1.54, 1.807) is 16.4 Å². The predicted molar refractivity (Wildman–Crippen MR) is 153 cm³/mol. The van der Waals surface area contributed by atoms with Gasteiger partial charge in [-0.15, -0.1) is 16.4 Å². The molecule has 0 nitrogen and oxygen atoms in total. The maximum absolute atomic E-state index is 2.30. The lowest BCUT2D eigenvalue weighted by atomic mass is 9.93. The Morgan fingerprint density at radius 1 is 0.516 bits per heavy atom. The molecule has 0 aromatic rings. The van der Waals surface area contributed by atoms with Gasteiger partial charge in [-0.2, -0.15) is 0 Å². The SMILES string of the molecule is CCCCC.CCCCC1=PCCC1CCCC.CCCCC1=PCCC1CCCC. The van der Waals surface area contributed by atoms with Crippen LogP contribution in [0.3, 0.4) is 0 Å². The van der Waals surface area contributed by atoms with Gasteiger partial charge in [-0.05, 0) is 86.1 Å². The maximum atomic E-state index is 2.30. The molecule has 184 valence electrons. The van der Waals surface area contributed by atoms with Gasteiger partial charge in [0.05, 0.1) is 0 Å². The molecule has 0 radical (unpaired) electrons. The van der Waals surface area contributed by atoms with Gasteiger partial charge in [0.15, 0.2) is 0 Å². The van der Waals surface area contributed by atoms with E-state index in [0.29, 0.717) is 0 Å². The van der Waals surface area contributed by atoms with Crippen LogP contribution in [0.1, 0.15) is 151 Å². The van der Waals surface area contributed by atoms with Crippen LogP contribution in [-0.4, -0.2) is 22.9 Å². The summed E-state index contributed by atoms with van der Waals surface area (Å²) in [5.41, 5.74) is 0. The van der Waals surface area contributed by atoms with E-state index in [0.717, 1.165) is 11.8 Å². The molecule has 0 spiro atoms. The monoisotopic (exact) mass is 468 g/mol. The summed E-state index contributed by atoms with van der Waals surface area (Å²) in [4.78, 5) is 0. The van der Waals surface area contributed by atoms with Crippen molar-refractivity contribution in [3.05, 3.63) is 0 Å². The van der Waals surface area contributed by atoms with E-state index in [4.69, 9.17) is 0 Å². The van der Waals surface area contributed by atoms with Crippen molar-refractivity contribution in [2.24, 2.45) is 11.8 Å². The number of hydrogen-bond acceptors (Lipinski definition) is 0. The summed E-state index contributed by atoms with van der Waals surface area (Å²) in [6, 6.07) is 0. The summed E-state index contributed by atoms with van der Waals surface area (Å²) >= 11 is 0. The van der Waals surface area contributed by atoms with Crippen molar-refractivity contribution < 1.29 is 0 Å².